The van der Waals surface area contributed by atoms with Gasteiger partial charge in [0.1, 0.15) is 11.8 Å². The molecule has 0 radical (unpaired) electrons. The van der Waals surface area contributed by atoms with Crippen molar-refractivity contribution in [3.05, 3.63) is 42.6 Å². The van der Waals surface area contributed by atoms with Crippen LogP contribution in [0.3, 0.4) is 0 Å². The van der Waals surface area contributed by atoms with Crippen molar-refractivity contribution in [3.8, 4) is 17.0 Å². The first-order valence-corrected chi connectivity index (χ1v) is 10.2. The Morgan fingerprint density at radius 3 is 2.68 bits per heavy atom. The molecule has 0 saturated heterocycles. The monoisotopic (exact) mass is 423 g/mol. The van der Waals surface area contributed by atoms with E-state index < -0.39 is 11.9 Å². The van der Waals surface area contributed by atoms with Crippen LogP contribution in [0.25, 0.3) is 22.0 Å². The number of amides is 1. The second-order valence-corrected chi connectivity index (χ2v) is 7.43. The highest BCUT2D eigenvalue weighted by atomic mass is 16.5. The molecule has 2 aromatic carbocycles. The van der Waals surface area contributed by atoms with Gasteiger partial charge in [-0.3, -0.25) is 4.79 Å². The van der Waals surface area contributed by atoms with Crippen LogP contribution in [-0.4, -0.2) is 48.8 Å². The number of benzene rings is 2. The minimum atomic E-state index is -0.582. The van der Waals surface area contributed by atoms with Crippen LogP contribution in [0.15, 0.2) is 42.6 Å². The number of ether oxygens (including phenoxy) is 2. The van der Waals surface area contributed by atoms with Gasteiger partial charge in [-0.05, 0) is 56.0 Å². The predicted octanol–water partition coefficient (Wildman–Crippen LogP) is 3.43. The van der Waals surface area contributed by atoms with E-state index in [1.165, 1.54) is 0 Å². The quantitative estimate of drug-likeness (QED) is 0.458. The van der Waals surface area contributed by atoms with Crippen molar-refractivity contribution in [1.82, 2.24) is 9.97 Å². The van der Waals surface area contributed by atoms with Gasteiger partial charge >= 0.3 is 0 Å². The Kier molecular flexibility index (Phi) is 7.25. The molecule has 8 nitrogen and oxygen atoms in total. The third-order valence-corrected chi connectivity index (χ3v) is 4.87. The zero-order chi connectivity index (χ0) is 22.4. The van der Waals surface area contributed by atoms with E-state index in [1.807, 2.05) is 50.2 Å². The number of nitrogens with zero attached hydrogens (tertiary/aromatic N) is 2. The standard InChI is InChI=1S/C23H29N5O3/c1-14(2)31-10-8-20(22(24)29)27-21-12-16(19-7-9-26-23(25-3)28-19)11-15-5-6-17(30-4)13-18(15)21/h5-7,9,11-14,20,27H,8,10H2,1-4H3,(H2,24,29)(H,25,26,28). The first kappa shape index (κ1) is 22.3. The van der Waals surface area contributed by atoms with Crippen LogP contribution in [0.1, 0.15) is 20.3 Å². The van der Waals surface area contributed by atoms with Crippen molar-refractivity contribution < 1.29 is 14.3 Å². The van der Waals surface area contributed by atoms with E-state index in [2.05, 4.69) is 20.6 Å². The van der Waals surface area contributed by atoms with Crippen molar-refractivity contribution >= 4 is 28.3 Å². The minimum absolute atomic E-state index is 0.0843. The number of rotatable bonds is 10. The fourth-order valence-corrected chi connectivity index (χ4v) is 3.27. The van der Waals surface area contributed by atoms with Crippen LogP contribution in [0.5, 0.6) is 5.75 Å². The number of hydrogen-bond donors (Lipinski definition) is 3. The maximum atomic E-state index is 12.1. The number of fused-ring (bicyclic) bond motifs is 1. The number of primary amides is 1. The third kappa shape index (κ3) is 5.61. The summed E-state index contributed by atoms with van der Waals surface area (Å²) in [5.74, 6) is 0.817. The number of nitrogens with one attached hydrogen (secondary N) is 2. The molecule has 3 aromatic rings. The van der Waals surface area contributed by atoms with E-state index in [9.17, 15) is 4.79 Å². The maximum absolute atomic E-state index is 12.1. The summed E-state index contributed by atoms with van der Waals surface area (Å²) in [6.45, 7) is 4.34. The molecule has 0 spiro atoms. The van der Waals surface area contributed by atoms with Gasteiger partial charge in [0.2, 0.25) is 11.9 Å². The van der Waals surface area contributed by atoms with Gasteiger partial charge in [0.25, 0.3) is 0 Å². The Hall–Kier alpha value is -3.39. The highest BCUT2D eigenvalue weighted by Crippen LogP contribution is 2.33. The van der Waals surface area contributed by atoms with Gasteiger partial charge in [-0.1, -0.05) is 6.07 Å². The second kappa shape index (κ2) is 10.1. The number of methoxy groups -OCH3 is 1. The molecule has 164 valence electrons. The van der Waals surface area contributed by atoms with Gasteiger partial charge in [-0.15, -0.1) is 0 Å². The summed E-state index contributed by atoms with van der Waals surface area (Å²) < 4.78 is 11.0. The van der Waals surface area contributed by atoms with Crippen molar-refractivity contribution in [2.75, 3.05) is 31.4 Å². The van der Waals surface area contributed by atoms with Gasteiger partial charge in [0.15, 0.2) is 0 Å². The smallest absolute Gasteiger partial charge is 0.240 e. The molecule has 0 aliphatic rings. The van der Waals surface area contributed by atoms with Gasteiger partial charge in [0, 0.05) is 36.5 Å². The molecule has 3 rings (SSSR count). The Morgan fingerprint density at radius 2 is 2.00 bits per heavy atom. The lowest BCUT2D eigenvalue weighted by molar-refractivity contribution is -0.119. The molecule has 0 aliphatic carbocycles. The first-order valence-electron chi connectivity index (χ1n) is 10.2. The molecule has 1 unspecified atom stereocenters. The molecule has 0 fully saturated rings. The molecular weight excluding hydrogens is 394 g/mol. The Bertz CT molecular complexity index is 1050. The van der Waals surface area contributed by atoms with Crippen molar-refractivity contribution in [2.45, 2.75) is 32.4 Å². The van der Waals surface area contributed by atoms with Crippen molar-refractivity contribution in [3.63, 3.8) is 0 Å². The van der Waals surface area contributed by atoms with E-state index >= 15 is 0 Å². The lowest BCUT2D eigenvalue weighted by Crippen LogP contribution is -2.36. The highest BCUT2D eigenvalue weighted by Gasteiger charge is 2.18. The van der Waals surface area contributed by atoms with Crippen LogP contribution < -0.4 is 21.1 Å². The van der Waals surface area contributed by atoms with Gasteiger partial charge in [-0.2, -0.15) is 0 Å². The number of carbonyl (C=O) groups excluding carboxylic acids is 1. The molecule has 1 heterocycles. The topological polar surface area (TPSA) is 111 Å². The zero-order valence-corrected chi connectivity index (χ0v) is 18.3. The normalized spacial score (nSPS) is 12.0. The Morgan fingerprint density at radius 1 is 1.19 bits per heavy atom. The zero-order valence-electron chi connectivity index (χ0n) is 18.3. The lowest BCUT2D eigenvalue weighted by atomic mass is 10.0. The average molecular weight is 424 g/mol. The summed E-state index contributed by atoms with van der Waals surface area (Å²) in [4.78, 5) is 20.8. The van der Waals surface area contributed by atoms with Gasteiger partial charge in [0.05, 0.1) is 18.9 Å². The molecule has 1 atom stereocenters. The summed E-state index contributed by atoms with van der Waals surface area (Å²) in [5.41, 5.74) is 8.10. The van der Waals surface area contributed by atoms with E-state index in [0.717, 1.165) is 33.5 Å². The molecule has 31 heavy (non-hydrogen) atoms. The van der Waals surface area contributed by atoms with Crippen LogP contribution in [0.4, 0.5) is 11.6 Å². The molecule has 0 aliphatic heterocycles. The minimum Gasteiger partial charge on any atom is -0.497 e. The summed E-state index contributed by atoms with van der Waals surface area (Å²) in [6.07, 6.45) is 2.25. The summed E-state index contributed by atoms with van der Waals surface area (Å²) in [5, 5.41) is 8.17. The number of anilines is 2. The van der Waals surface area contributed by atoms with Crippen molar-refractivity contribution in [2.24, 2.45) is 5.73 Å². The van der Waals surface area contributed by atoms with E-state index in [1.54, 1.807) is 20.4 Å². The fraction of sp³-hybridized carbons (Fsp3) is 0.348. The van der Waals surface area contributed by atoms with Crippen LogP contribution in [-0.2, 0) is 9.53 Å². The fourth-order valence-electron chi connectivity index (χ4n) is 3.27. The van der Waals surface area contributed by atoms with Crippen LogP contribution in [0.2, 0.25) is 0 Å². The number of aromatic nitrogens is 2. The molecule has 0 bridgehead atoms. The lowest BCUT2D eigenvalue weighted by Gasteiger charge is -2.20. The predicted molar refractivity (Wildman–Crippen MR) is 123 cm³/mol. The SMILES string of the molecule is CNc1nccc(-c2cc(NC(CCOC(C)C)C(N)=O)c3cc(OC)ccc3c2)n1. The molecule has 8 heteroatoms. The summed E-state index contributed by atoms with van der Waals surface area (Å²) >= 11 is 0. The second-order valence-electron chi connectivity index (χ2n) is 7.43. The van der Waals surface area contributed by atoms with E-state index in [-0.39, 0.29) is 6.10 Å². The van der Waals surface area contributed by atoms with Crippen LogP contribution >= 0.6 is 0 Å². The molecule has 1 aromatic heterocycles. The van der Waals surface area contributed by atoms with Crippen LogP contribution in [0, 0.1) is 0 Å². The Labute approximate surface area is 182 Å². The number of carbonyl (C=O) groups is 1. The van der Waals surface area contributed by atoms with Gasteiger partial charge in [-0.25, -0.2) is 9.97 Å². The largest absolute Gasteiger partial charge is 0.497 e. The van der Waals surface area contributed by atoms with E-state index in [0.29, 0.717) is 19.0 Å². The first-order chi connectivity index (χ1) is 14.9. The third-order valence-electron chi connectivity index (χ3n) is 4.87. The van der Waals surface area contributed by atoms with Gasteiger partial charge < -0.3 is 25.8 Å². The molecule has 1 amide bonds. The highest BCUT2D eigenvalue weighted by molar-refractivity contribution is 5.99. The molecular formula is C23H29N5O3. The summed E-state index contributed by atoms with van der Waals surface area (Å²) in [6, 6.07) is 11.1. The summed E-state index contributed by atoms with van der Waals surface area (Å²) in [7, 11) is 3.40. The average Bonchev–Trinajstić information content (AvgIpc) is 2.77. The maximum Gasteiger partial charge on any atom is 0.240 e. The van der Waals surface area contributed by atoms with Crippen molar-refractivity contribution in [1.29, 1.82) is 0 Å². The van der Waals surface area contributed by atoms with E-state index in [4.69, 9.17) is 15.2 Å². The number of hydrogen-bond acceptors (Lipinski definition) is 7. The Balaban J connectivity index is 2.04. The number of nitrogens with two attached hydrogens (primary N) is 1. The molecule has 0 saturated carbocycles. The molecule has 4 N–H and O–H groups in total.